The van der Waals surface area contributed by atoms with Gasteiger partial charge < -0.3 is 9.30 Å². The number of benzene rings is 1. The number of fused-ring (bicyclic) bond motifs is 1. The van der Waals surface area contributed by atoms with Gasteiger partial charge >= 0.3 is 5.97 Å². The highest BCUT2D eigenvalue weighted by molar-refractivity contribution is 5.86. The first kappa shape index (κ1) is 11.6. The fourth-order valence-corrected chi connectivity index (χ4v) is 2.00. The maximum Gasteiger partial charge on any atom is 0.328 e. The van der Waals surface area contributed by atoms with Crippen molar-refractivity contribution in [3.05, 3.63) is 35.8 Å². The normalized spacial score (nSPS) is 12.7. The smallest absolute Gasteiger partial charge is 0.328 e. The zero-order chi connectivity index (χ0) is 12.6. The van der Waals surface area contributed by atoms with Gasteiger partial charge in [-0.1, -0.05) is 0 Å². The predicted octanol–water partition coefficient (Wildman–Crippen LogP) is 2.82. The summed E-state index contributed by atoms with van der Waals surface area (Å²) in [5.74, 6) is -0.588. The lowest BCUT2D eigenvalue weighted by atomic mass is 10.2. The van der Waals surface area contributed by atoms with Crippen molar-refractivity contribution < 1.29 is 13.9 Å². The Labute approximate surface area is 98.8 Å². The minimum atomic E-state index is -0.415. The van der Waals surface area contributed by atoms with Crippen LogP contribution in [0.1, 0.15) is 18.5 Å². The SMILES string of the molecule is COC(=O)C(C)n1cc(C)c2cc(F)ccc21. The zero-order valence-electron chi connectivity index (χ0n) is 10.0. The molecule has 0 aliphatic rings. The van der Waals surface area contributed by atoms with Crippen LogP contribution in [0.4, 0.5) is 4.39 Å². The number of aryl methyl sites for hydroxylation is 1. The van der Waals surface area contributed by atoms with Crippen LogP contribution in [0.3, 0.4) is 0 Å². The number of rotatable bonds is 2. The van der Waals surface area contributed by atoms with Gasteiger partial charge in [-0.15, -0.1) is 0 Å². The van der Waals surface area contributed by atoms with Crippen molar-refractivity contribution in [2.45, 2.75) is 19.9 Å². The zero-order valence-corrected chi connectivity index (χ0v) is 10.0. The Bertz CT molecular complexity index is 574. The first-order chi connectivity index (χ1) is 8.04. The van der Waals surface area contributed by atoms with E-state index in [-0.39, 0.29) is 11.8 Å². The molecule has 0 saturated heterocycles. The quantitative estimate of drug-likeness (QED) is 0.749. The highest BCUT2D eigenvalue weighted by Gasteiger charge is 2.18. The van der Waals surface area contributed by atoms with E-state index in [2.05, 4.69) is 0 Å². The number of carbonyl (C=O) groups excluding carboxylic acids is 1. The van der Waals surface area contributed by atoms with E-state index in [0.717, 1.165) is 16.5 Å². The molecule has 3 nitrogen and oxygen atoms in total. The van der Waals surface area contributed by atoms with Gasteiger partial charge in [-0.3, -0.25) is 0 Å². The van der Waals surface area contributed by atoms with E-state index >= 15 is 0 Å². The van der Waals surface area contributed by atoms with Crippen LogP contribution in [-0.4, -0.2) is 17.6 Å². The molecule has 0 fully saturated rings. The number of carbonyl (C=O) groups is 1. The summed E-state index contributed by atoms with van der Waals surface area (Å²) in [7, 11) is 1.36. The van der Waals surface area contributed by atoms with Crippen LogP contribution in [0.15, 0.2) is 24.4 Å². The number of esters is 1. The number of hydrogen-bond acceptors (Lipinski definition) is 2. The second-order valence-electron chi connectivity index (χ2n) is 4.08. The summed E-state index contributed by atoms with van der Waals surface area (Å²) in [6.45, 7) is 3.65. The van der Waals surface area contributed by atoms with Crippen LogP contribution in [0.5, 0.6) is 0 Å². The Morgan fingerprint density at radius 1 is 1.47 bits per heavy atom. The Morgan fingerprint density at radius 2 is 2.18 bits per heavy atom. The van der Waals surface area contributed by atoms with E-state index in [1.165, 1.54) is 19.2 Å². The second-order valence-corrected chi connectivity index (χ2v) is 4.08. The summed E-state index contributed by atoms with van der Waals surface area (Å²) in [5, 5.41) is 0.820. The van der Waals surface area contributed by atoms with Gasteiger partial charge in [-0.25, -0.2) is 9.18 Å². The Kier molecular flexibility index (Phi) is 2.88. The van der Waals surface area contributed by atoms with Crippen LogP contribution in [0.25, 0.3) is 10.9 Å². The van der Waals surface area contributed by atoms with Gasteiger partial charge in [0.2, 0.25) is 0 Å². The third kappa shape index (κ3) is 1.90. The summed E-state index contributed by atoms with van der Waals surface area (Å²) in [6, 6.07) is 4.13. The van der Waals surface area contributed by atoms with E-state index in [9.17, 15) is 9.18 Å². The van der Waals surface area contributed by atoms with Gasteiger partial charge in [-0.05, 0) is 37.6 Å². The third-order valence-electron chi connectivity index (χ3n) is 2.95. The van der Waals surface area contributed by atoms with Crippen LogP contribution in [-0.2, 0) is 9.53 Å². The molecule has 0 bridgehead atoms. The van der Waals surface area contributed by atoms with Crippen molar-refractivity contribution in [2.75, 3.05) is 7.11 Å². The molecule has 0 aliphatic carbocycles. The number of nitrogens with zero attached hydrogens (tertiary/aromatic N) is 1. The molecule has 2 aromatic rings. The molecule has 0 saturated carbocycles. The predicted molar refractivity (Wildman–Crippen MR) is 63.4 cm³/mol. The molecule has 0 amide bonds. The molecule has 90 valence electrons. The molecule has 0 aliphatic heterocycles. The average molecular weight is 235 g/mol. The lowest BCUT2D eigenvalue weighted by Gasteiger charge is -2.12. The van der Waals surface area contributed by atoms with Gasteiger partial charge in [0, 0.05) is 17.1 Å². The van der Waals surface area contributed by atoms with E-state index in [1.807, 2.05) is 13.1 Å². The lowest BCUT2D eigenvalue weighted by molar-refractivity contribution is -0.143. The molecular weight excluding hydrogens is 221 g/mol. The first-order valence-electron chi connectivity index (χ1n) is 5.39. The molecule has 2 rings (SSSR count). The fraction of sp³-hybridized carbons (Fsp3) is 0.308. The van der Waals surface area contributed by atoms with E-state index in [0.29, 0.717) is 0 Å². The van der Waals surface area contributed by atoms with Gasteiger partial charge in [0.05, 0.1) is 7.11 Å². The minimum absolute atomic E-state index is 0.274. The van der Waals surface area contributed by atoms with Crippen LogP contribution >= 0.6 is 0 Å². The van der Waals surface area contributed by atoms with Gasteiger partial charge in [0.15, 0.2) is 0 Å². The number of hydrogen-bond donors (Lipinski definition) is 0. The van der Waals surface area contributed by atoms with Crippen molar-refractivity contribution in [1.29, 1.82) is 0 Å². The summed E-state index contributed by atoms with van der Waals surface area (Å²) in [5.41, 5.74) is 1.78. The Hall–Kier alpha value is -1.84. The highest BCUT2D eigenvalue weighted by atomic mass is 19.1. The number of ether oxygens (including phenoxy) is 1. The largest absolute Gasteiger partial charge is 0.467 e. The number of methoxy groups -OCH3 is 1. The molecule has 0 radical (unpaired) electrons. The van der Waals surface area contributed by atoms with Crippen molar-refractivity contribution in [2.24, 2.45) is 0 Å². The van der Waals surface area contributed by atoms with Gasteiger partial charge in [-0.2, -0.15) is 0 Å². The van der Waals surface area contributed by atoms with Crippen LogP contribution < -0.4 is 0 Å². The van der Waals surface area contributed by atoms with Crippen LogP contribution in [0, 0.1) is 12.7 Å². The van der Waals surface area contributed by atoms with Crippen molar-refractivity contribution in [3.8, 4) is 0 Å². The molecule has 1 aromatic heterocycles. The maximum atomic E-state index is 13.2. The maximum absolute atomic E-state index is 13.2. The van der Waals surface area contributed by atoms with E-state index in [1.54, 1.807) is 17.6 Å². The standard InChI is InChI=1S/C13H14FNO2/c1-8-7-15(9(2)13(16)17-3)12-5-4-10(14)6-11(8)12/h4-7,9H,1-3H3. The second kappa shape index (κ2) is 4.20. The van der Waals surface area contributed by atoms with Gasteiger partial charge in [0.25, 0.3) is 0 Å². The summed E-state index contributed by atoms with van der Waals surface area (Å²) >= 11 is 0. The van der Waals surface area contributed by atoms with Gasteiger partial charge in [0.1, 0.15) is 11.9 Å². The molecule has 1 atom stereocenters. The molecule has 1 unspecified atom stereocenters. The van der Waals surface area contributed by atoms with E-state index < -0.39 is 6.04 Å². The third-order valence-corrected chi connectivity index (χ3v) is 2.95. The van der Waals surface area contributed by atoms with Crippen molar-refractivity contribution in [3.63, 3.8) is 0 Å². The molecule has 4 heteroatoms. The summed E-state index contributed by atoms with van der Waals surface area (Å²) in [4.78, 5) is 11.5. The number of halogens is 1. The van der Waals surface area contributed by atoms with Crippen molar-refractivity contribution >= 4 is 16.9 Å². The Morgan fingerprint density at radius 3 is 2.82 bits per heavy atom. The summed E-state index contributed by atoms with van der Waals surface area (Å²) in [6.07, 6.45) is 1.84. The molecule has 1 aromatic carbocycles. The molecule has 0 N–H and O–H groups in total. The van der Waals surface area contributed by atoms with Crippen molar-refractivity contribution in [1.82, 2.24) is 4.57 Å². The topological polar surface area (TPSA) is 31.2 Å². The monoisotopic (exact) mass is 235 g/mol. The molecular formula is C13H14FNO2. The highest BCUT2D eigenvalue weighted by Crippen LogP contribution is 2.25. The number of aromatic nitrogens is 1. The van der Waals surface area contributed by atoms with Crippen LogP contribution in [0.2, 0.25) is 0 Å². The van der Waals surface area contributed by atoms with E-state index in [4.69, 9.17) is 4.74 Å². The average Bonchev–Trinajstić information content (AvgIpc) is 2.64. The summed E-state index contributed by atoms with van der Waals surface area (Å²) < 4.78 is 19.7. The minimum Gasteiger partial charge on any atom is -0.467 e. The fourth-order valence-electron chi connectivity index (χ4n) is 2.00. The molecule has 17 heavy (non-hydrogen) atoms. The molecule has 0 spiro atoms. The Balaban J connectivity index is 2.59. The molecule has 1 heterocycles. The first-order valence-corrected chi connectivity index (χ1v) is 5.39. The lowest BCUT2D eigenvalue weighted by Crippen LogP contribution is -2.16.